The van der Waals surface area contributed by atoms with E-state index in [0.717, 1.165) is 16.9 Å². The molecule has 0 spiro atoms. The van der Waals surface area contributed by atoms with Crippen molar-refractivity contribution in [1.29, 1.82) is 0 Å². The van der Waals surface area contributed by atoms with E-state index in [2.05, 4.69) is 5.32 Å². The zero-order valence-electron chi connectivity index (χ0n) is 12.6. The number of fused-ring (bicyclic) bond motifs is 1. The molecule has 4 nitrogen and oxygen atoms in total. The fourth-order valence-electron chi connectivity index (χ4n) is 2.24. The lowest BCUT2D eigenvalue weighted by atomic mass is 10.1. The fraction of sp³-hybridized carbons (Fsp3) is 0.167. The fourth-order valence-corrected chi connectivity index (χ4v) is 2.41. The third kappa shape index (κ3) is 3.85. The predicted molar refractivity (Wildman–Crippen MR) is 91.3 cm³/mol. The average molecular weight is 330 g/mol. The molecule has 0 atom stereocenters. The summed E-state index contributed by atoms with van der Waals surface area (Å²) in [4.78, 5) is 12.0. The molecule has 0 aliphatic carbocycles. The summed E-state index contributed by atoms with van der Waals surface area (Å²) >= 11 is 5.95. The van der Waals surface area contributed by atoms with Crippen LogP contribution in [-0.2, 0) is 4.79 Å². The Hall–Kier alpha value is -2.46. The van der Waals surface area contributed by atoms with Crippen LogP contribution in [0.5, 0.6) is 11.5 Å². The second-order valence-electron chi connectivity index (χ2n) is 5.18. The minimum absolute atomic E-state index is 0.217. The Morgan fingerprint density at radius 1 is 1.13 bits per heavy atom. The second kappa shape index (κ2) is 6.75. The number of benzene rings is 2. The third-order valence-electron chi connectivity index (χ3n) is 3.45. The number of aryl methyl sites for hydroxylation is 1. The second-order valence-corrected chi connectivity index (χ2v) is 5.62. The van der Waals surface area contributed by atoms with Gasteiger partial charge in [-0.05, 0) is 48.4 Å². The highest BCUT2D eigenvalue weighted by atomic mass is 35.5. The molecule has 0 radical (unpaired) electrons. The average Bonchev–Trinajstić information content (AvgIpc) is 2.56. The Labute approximate surface area is 139 Å². The lowest BCUT2D eigenvalue weighted by molar-refractivity contribution is -0.111. The van der Waals surface area contributed by atoms with Crippen LogP contribution in [0.2, 0.25) is 5.02 Å². The van der Waals surface area contributed by atoms with Crippen molar-refractivity contribution in [3.8, 4) is 11.5 Å². The van der Waals surface area contributed by atoms with Crippen LogP contribution < -0.4 is 14.8 Å². The number of amides is 1. The number of ether oxygens (including phenoxy) is 2. The van der Waals surface area contributed by atoms with Crippen molar-refractivity contribution in [3.63, 3.8) is 0 Å². The van der Waals surface area contributed by atoms with E-state index in [-0.39, 0.29) is 5.91 Å². The molecule has 1 amide bonds. The number of hydrogen-bond donors (Lipinski definition) is 1. The lowest BCUT2D eigenvalue weighted by Crippen LogP contribution is -2.15. The van der Waals surface area contributed by atoms with Crippen LogP contribution in [0.1, 0.15) is 11.1 Å². The van der Waals surface area contributed by atoms with Crippen LogP contribution in [-0.4, -0.2) is 19.1 Å². The van der Waals surface area contributed by atoms with Crippen LogP contribution in [0.15, 0.2) is 42.5 Å². The molecule has 3 rings (SSSR count). The van der Waals surface area contributed by atoms with E-state index in [0.29, 0.717) is 29.7 Å². The Kier molecular flexibility index (Phi) is 4.53. The predicted octanol–water partition coefficient (Wildman–Crippen LogP) is 4.07. The van der Waals surface area contributed by atoms with E-state index in [1.54, 1.807) is 18.2 Å². The molecule has 5 heteroatoms. The molecule has 2 aromatic rings. The van der Waals surface area contributed by atoms with Crippen molar-refractivity contribution in [2.75, 3.05) is 18.5 Å². The molecule has 1 heterocycles. The van der Waals surface area contributed by atoms with Gasteiger partial charge in [0.25, 0.3) is 0 Å². The summed E-state index contributed by atoms with van der Waals surface area (Å²) in [5.41, 5.74) is 2.53. The van der Waals surface area contributed by atoms with Crippen molar-refractivity contribution in [3.05, 3.63) is 58.6 Å². The molecule has 0 fully saturated rings. The Morgan fingerprint density at radius 2 is 1.91 bits per heavy atom. The first kappa shape index (κ1) is 15.4. The van der Waals surface area contributed by atoms with E-state index in [1.807, 2.05) is 31.2 Å². The van der Waals surface area contributed by atoms with Gasteiger partial charge in [0.15, 0.2) is 11.5 Å². The van der Waals surface area contributed by atoms with Gasteiger partial charge in [0, 0.05) is 16.8 Å². The molecule has 1 N–H and O–H groups in total. The first-order chi connectivity index (χ1) is 11.1. The van der Waals surface area contributed by atoms with Crippen LogP contribution in [0.3, 0.4) is 0 Å². The van der Waals surface area contributed by atoms with E-state index < -0.39 is 0 Å². The minimum Gasteiger partial charge on any atom is -0.486 e. The first-order valence-electron chi connectivity index (χ1n) is 7.27. The maximum atomic E-state index is 12.0. The van der Waals surface area contributed by atoms with Crippen molar-refractivity contribution in [1.82, 2.24) is 0 Å². The molecule has 2 aromatic carbocycles. The Balaban J connectivity index is 1.70. The molecular formula is C18H16ClNO3. The summed E-state index contributed by atoms with van der Waals surface area (Å²) in [5, 5.41) is 3.40. The normalized spacial score (nSPS) is 13.1. The standard InChI is InChI=1S/C18H16ClNO3/c1-12-2-5-14(19)11-15(12)20-18(21)7-4-13-3-6-16-17(10-13)23-9-8-22-16/h2-7,10-11H,8-9H2,1H3,(H,20,21)/b7-4+. The van der Waals surface area contributed by atoms with Gasteiger partial charge < -0.3 is 14.8 Å². The van der Waals surface area contributed by atoms with Crippen molar-refractivity contribution >= 4 is 29.3 Å². The summed E-state index contributed by atoms with van der Waals surface area (Å²) in [7, 11) is 0. The highest BCUT2D eigenvalue weighted by Crippen LogP contribution is 2.31. The highest BCUT2D eigenvalue weighted by Gasteiger charge is 2.10. The van der Waals surface area contributed by atoms with Gasteiger partial charge in [-0.3, -0.25) is 4.79 Å². The van der Waals surface area contributed by atoms with Crippen LogP contribution in [0.25, 0.3) is 6.08 Å². The van der Waals surface area contributed by atoms with E-state index in [4.69, 9.17) is 21.1 Å². The summed E-state index contributed by atoms with van der Waals surface area (Å²) in [6.07, 6.45) is 3.21. The smallest absolute Gasteiger partial charge is 0.248 e. The number of rotatable bonds is 3. The summed E-state index contributed by atoms with van der Waals surface area (Å²) in [6, 6.07) is 10.9. The van der Waals surface area contributed by atoms with Crippen molar-refractivity contribution in [2.24, 2.45) is 0 Å². The molecule has 1 aliphatic heterocycles. The number of nitrogens with one attached hydrogen (secondary N) is 1. The number of carbonyl (C=O) groups is 1. The Morgan fingerprint density at radius 3 is 2.74 bits per heavy atom. The largest absolute Gasteiger partial charge is 0.486 e. The summed E-state index contributed by atoms with van der Waals surface area (Å²) < 4.78 is 11.0. The molecule has 0 saturated heterocycles. The Bertz CT molecular complexity index is 771. The first-order valence-corrected chi connectivity index (χ1v) is 7.64. The van der Waals surface area contributed by atoms with Crippen LogP contribution in [0, 0.1) is 6.92 Å². The topological polar surface area (TPSA) is 47.6 Å². The number of anilines is 1. The van der Waals surface area contributed by atoms with Gasteiger partial charge in [0.2, 0.25) is 5.91 Å². The SMILES string of the molecule is Cc1ccc(Cl)cc1NC(=O)/C=C/c1ccc2c(c1)OCCO2. The van der Waals surface area contributed by atoms with Gasteiger partial charge in [-0.2, -0.15) is 0 Å². The zero-order valence-corrected chi connectivity index (χ0v) is 13.4. The zero-order chi connectivity index (χ0) is 16.2. The van der Waals surface area contributed by atoms with Gasteiger partial charge in [0.05, 0.1) is 0 Å². The molecular weight excluding hydrogens is 314 g/mol. The molecule has 0 aromatic heterocycles. The van der Waals surface area contributed by atoms with E-state index in [1.165, 1.54) is 6.08 Å². The molecule has 23 heavy (non-hydrogen) atoms. The molecule has 0 bridgehead atoms. The number of halogens is 1. The monoisotopic (exact) mass is 329 g/mol. The van der Waals surface area contributed by atoms with Crippen LogP contribution >= 0.6 is 11.6 Å². The molecule has 118 valence electrons. The molecule has 0 saturated carbocycles. The van der Waals surface area contributed by atoms with E-state index in [9.17, 15) is 4.79 Å². The highest BCUT2D eigenvalue weighted by molar-refractivity contribution is 6.31. The quantitative estimate of drug-likeness (QED) is 0.863. The van der Waals surface area contributed by atoms with Gasteiger partial charge in [-0.25, -0.2) is 0 Å². The van der Waals surface area contributed by atoms with Gasteiger partial charge in [-0.15, -0.1) is 0 Å². The van der Waals surface area contributed by atoms with Crippen molar-refractivity contribution in [2.45, 2.75) is 6.92 Å². The maximum Gasteiger partial charge on any atom is 0.248 e. The molecule has 0 unspecified atom stereocenters. The maximum absolute atomic E-state index is 12.0. The van der Waals surface area contributed by atoms with Gasteiger partial charge in [-0.1, -0.05) is 23.7 Å². The molecule has 1 aliphatic rings. The van der Waals surface area contributed by atoms with E-state index >= 15 is 0 Å². The number of carbonyl (C=O) groups excluding carboxylic acids is 1. The summed E-state index contributed by atoms with van der Waals surface area (Å²) in [6.45, 7) is 3.01. The number of hydrogen-bond acceptors (Lipinski definition) is 3. The lowest BCUT2D eigenvalue weighted by Gasteiger charge is -2.18. The third-order valence-corrected chi connectivity index (χ3v) is 3.69. The van der Waals surface area contributed by atoms with Gasteiger partial charge >= 0.3 is 0 Å². The minimum atomic E-state index is -0.217. The van der Waals surface area contributed by atoms with Gasteiger partial charge in [0.1, 0.15) is 13.2 Å². The van der Waals surface area contributed by atoms with Crippen molar-refractivity contribution < 1.29 is 14.3 Å². The summed E-state index contributed by atoms with van der Waals surface area (Å²) in [5.74, 6) is 1.21. The van der Waals surface area contributed by atoms with Crippen LogP contribution in [0.4, 0.5) is 5.69 Å².